The van der Waals surface area contributed by atoms with Crippen LogP contribution in [0, 0.1) is 0 Å². The van der Waals surface area contributed by atoms with E-state index in [9.17, 15) is 0 Å². The quantitative estimate of drug-likeness (QED) is 0.895. The molecule has 0 aliphatic heterocycles. The summed E-state index contributed by atoms with van der Waals surface area (Å²) in [5.41, 5.74) is 5.07. The molecule has 100 valence electrons. The van der Waals surface area contributed by atoms with Gasteiger partial charge in [-0.25, -0.2) is 0 Å². The van der Waals surface area contributed by atoms with Gasteiger partial charge in [0.15, 0.2) is 0 Å². The van der Waals surface area contributed by atoms with Gasteiger partial charge in [0.25, 0.3) is 0 Å². The van der Waals surface area contributed by atoms with Gasteiger partial charge in [-0.3, -0.25) is 0 Å². The molecule has 0 aromatic heterocycles. The Kier molecular flexibility index (Phi) is 4.23. The fourth-order valence-corrected chi connectivity index (χ4v) is 2.12. The number of hydrogen-bond donors (Lipinski definition) is 1. The van der Waals surface area contributed by atoms with Crippen LogP contribution >= 0.6 is 0 Å². The molecule has 2 heteroatoms. The van der Waals surface area contributed by atoms with Crippen LogP contribution in [-0.4, -0.2) is 21.1 Å². The van der Waals surface area contributed by atoms with Gasteiger partial charge in [0.05, 0.1) is 0 Å². The molecule has 0 aliphatic rings. The summed E-state index contributed by atoms with van der Waals surface area (Å²) in [7, 11) is 6.13. The second-order valence-corrected chi connectivity index (χ2v) is 5.08. The smallest absolute Gasteiger partial charge is 0.0367 e. The Bertz CT molecular complexity index is 546. The molecule has 2 nitrogen and oxygen atoms in total. The van der Waals surface area contributed by atoms with Gasteiger partial charge >= 0.3 is 0 Å². The molecular formula is C17H22N2. The van der Waals surface area contributed by atoms with E-state index in [1.165, 1.54) is 22.4 Å². The fourth-order valence-electron chi connectivity index (χ4n) is 2.12. The minimum atomic E-state index is 0.372. The van der Waals surface area contributed by atoms with Crippen LogP contribution in [0.25, 0.3) is 11.1 Å². The van der Waals surface area contributed by atoms with Gasteiger partial charge in [-0.2, -0.15) is 0 Å². The Balaban J connectivity index is 2.39. The molecule has 1 N–H and O–H groups in total. The van der Waals surface area contributed by atoms with Gasteiger partial charge in [0.2, 0.25) is 0 Å². The monoisotopic (exact) mass is 254 g/mol. The highest BCUT2D eigenvalue weighted by atomic mass is 15.1. The number of anilines is 1. The molecule has 0 bridgehead atoms. The largest absolute Gasteiger partial charge is 0.378 e. The maximum absolute atomic E-state index is 3.28. The Labute approximate surface area is 116 Å². The Hall–Kier alpha value is -1.80. The molecule has 0 spiro atoms. The third kappa shape index (κ3) is 3.15. The number of benzene rings is 2. The van der Waals surface area contributed by atoms with Gasteiger partial charge < -0.3 is 10.2 Å². The SMILES string of the molecule is CNC(C)c1cccc(-c2cccc(N(C)C)c2)c1. The van der Waals surface area contributed by atoms with Crippen molar-refractivity contribution < 1.29 is 0 Å². The summed E-state index contributed by atoms with van der Waals surface area (Å²) >= 11 is 0. The van der Waals surface area contributed by atoms with Crippen LogP contribution in [0.2, 0.25) is 0 Å². The Morgan fingerprint density at radius 2 is 1.58 bits per heavy atom. The standard InChI is InChI=1S/C17H22N2/c1-13(18-2)14-7-5-8-15(11-14)16-9-6-10-17(12-16)19(3)4/h5-13,18H,1-4H3. The molecule has 0 amide bonds. The minimum absolute atomic E-state index is 0.372. The third-order valence-corrected chi connectivity index (χ3v) is 3.52. The van der Waals surface area contributed by atoms with Crippen LogP contribution in [0.4, 0.5) is 5.69 Å². The van der Waals surface area contributed by atoms with E-state index in [4.69, 9.17) is 0 Å². The zero-order valence-corrected chi connectivity index (χ0v) is 12.1. The Morgan fingerprint density at radius 1 is 0.947 bits per heavy atom. The number of nitrogens with one attached hydrogen (secondary N) is 1. The van der Waals surface area contributed by atoms with Crippen molar-refractivity contribution in [2.24, 2.45) is 0 Å². The van der Waals surface area contributed by atoms with Crippen molar-refractivity contribution in [3.05, 3.63) is 54.1 Å². The summed E-state index contributed by atoms with van der Waals surface area (Å²) in [4.78, 5) is 2.13. The zero-order valence-electron chi connectivity index (χ0n) is 12.1. The summed E-state index contributed by atoms with van der Waals surface area (Å²) in [5.74, 6) is 0. The van der Waals surface area contributed by atoms with Crippen molar-refractivity contribution in [1.82, 2.24) is 5.32 Å². The summed E-state index contributed by atoms with van der Waals surface area (Å²) in [6.45, 7) is 2.18. The summed E-state index contributed by atoms with van der Waals surface area (Å²) in [5, 5.41) is 3.28. The minimum Gasteiger partial charge on any atom is -0.378 e. The van der Waals surface area contributed by atoms with Crippen molar-refractivity contribution in [3.8, 4) is 11.1 Å². The first-order chi connectivity index (χ1) is 9.11. The lowest BCUT2D eigenvalue weighted by molar-refractivity contribution is 0.652. The first kappa shape index (κ1) is 13.6. The molecule has 0 heterocycles. The second kappa shape index (κ2) is 5.89. The van der Waals surface area contributed by atoms with E-state index in [0.29, 0.717) is 6.04 Å². The molecule has 0 fully saturated rings. The predicted octanol–water partition coefficient (Wildman–Crippen LogP) is 3.70. The maximum atomic E-state index is 3.28. The predicted molar refractivity (Wildman–Crippen MR) is 83.7 cm³/mol. The van der Waals surface area contributed by atoms with E-state index >= 15 is 0 Å². The summed E-state index contributed by atoms with van der Waals surface area (Å²) in [6, 6.07) is 17.7. The van der Waals surface area contributed by atoms with Crippen LogP contribution < -0.4 is 10.2 Å². The van der Waals surface area contributed by atoms with E-state index in [2.05, 4.69) is 79.8 Å². The normalized spacial score (nSPS) is 12.2. The molecule has 0 saturated heterocycles. The van der Waals surface area contributed by atoms with E-state index in [1.54, 1.807) is 0 Å². The highest BCUT2D eigenvalue weighted by molar-refractivity contribution is 5.69. The average Bonchev–Trinajstić information content (AvgIpc) is 2.46. The first-order valence-corrected chi connectivity index (χ1v) is 6.67. The molecule has 1 unspecified atom stereocenters. The van der Waals surface area contributed by atoms with Crippen LogP contribution in [-0.2, 0) is 0 Å². The third-order valence-electron chi connectivity index (χ3n) is 3.52. The van der Waals surface area contributed by atoms with E-state index in [0.717, 1.165) is 0 Å². The van der Waals surface area contributed by atoms with Gasteiger partial charge in [0, 0.05) is 25.8 Å². The lowest BCUT2D eigenvalue weighted by Gasteiger charge is -2.15. The topological polar surface area (TPSA) is 15.3 Å². The molecule has 0 aliphatic carbocycles. The van der Waals surface area contributed by atoms with Gasteiger partial charge in [-0.05, 0) is 48.9 Å². The van der Waals surface area contributed by atoms with Crippen LogP contribution in [0.3, 0.4) is 0 Å². The maximum Gasteiger partial charge on any atom is 0.0367 e. The highest BCUT2D eigenvalue weighted by Crippen LogP contribution is 2.26. The number of nitrogens with zero attached hydrogens (tertiary/aromatic N) is 1. The molecule has 19 heavy (non-hydrogen) atoms. The van der Waals surface area contributed by atoms with Crippen LogP contribution in [0.1, 0.15) is 18.5 Å². The molecular weight excluding hydrogens is 232 g/mol. The number of hydrogen-bond acceptors (Lipinski definition) is 2. The molecule has 1 atom stereocenters. The molecule has 2 rings (SSSR count). The van der Waals surface area contributed by atoms with Gasteiger partial charge in [-0.15, -0.1) is 0 Å². The van der Waals surface area contributed by atoms with Crippen molar-refractivity contribution >= 4 is 5.69 Å². The number of rotatable bonds is 4. The molecule has 2 aromatic rings. The van der Waals surface area contributed by atoms with Crippen molar-refractivity contribution in [2.75, 3.05) is 26.0 Å². The molecule has 0 radical (unpaired) electrons. The van der Waals surface area contributed by atoms with E-state index < -0.39 is 0 Å². The first-order valence-electron chi connectivity index (χ1n) is 6.67. The summed E-state index contributed by atoms with van der Waals surface area (Å²) in [6.07, 6.45) is 0. The van der Waals surface area contributed by atoms with Crippen molar-refractivity contribution in [1.29, 1.82) is 0 Å². The zero-order chi connectivity index (χ0) is 13.8. The Morgan fingerprint density at radius 3 is 2.21 bits per heavy atom. The van der Waals surface area contributed by atoms with Crippen LogP contribution in [0.5, 0.6) is 0 Å². The highest BCUT2D eigenvalue weighted by Gasteiger charge is 2.05. The van der Waals surface area contributed by atoms with Gasteiger partial charge in [0.1, 0.15) is 0 Å². The average molecular weight is 254 g/mol. The summed E-state index contributed by atoms with van der Waals surface area (Å²) < 4.78 is 0. The van der Waals surface area contributed by atoms with E-state index in [1.807, 2.05) is 7.05 Å². The van der Waals surface area contributed by atoms with Gasteiger partial charge in [-0.1, -0.05) is 30.3 Å². The molecule has 0 saturated carbocycles. The van der Waals surface area contributed by atoms with Crippen LogP contribution in [0.15, 0.2) is 48.5 Å². The fraction of sp³-hybridized carbons (Fsp3) is 0.294. The van der Waals surface area contributed by atoms with E-state index in [-0.39, 0.29) is 0 Å². The second-order valence-electron chi connectivity index (χ2n) is 5.08. The van der Waals surface area contributed by atoms with Crippen molar-refractivity contribution in [3.63, 3.8) is 0 Å². The molecule has 2 aromatic carbocycles. The van der Waals surface area contributed by atoms with Crippen molar-refractivity contribution in [2.45, 2.75) is 13.0 Å². The lowest BCUT2D eigenvalue weighted by Crippen LogP contribution is -2.12. The lowest BCUT2D eigenvalue weighted by atomic mass is 10.00.